The highest BCUT2D eigenvalue weighted by molar-refractivity contribution is 8.22. The van der Waals surface area contributed by atoms with E-state index in [4.69, 9.17) is 4.74 Å². The second-order valence-electron chi connectivity index (χ2n) is 7.42. The Bertz CT molecular complexity index is 546. The molecule has 6 nitrogen and oxygen atoms in total. The van der Waals surface area contributed by atoms with Crippen LogP contribution in [-0.2, 0) is 9.53 Å². The lowest BCUT2D eigenvalue weighted by Gasteiger charge is -2.32. The predicted molar refractivity (Wildman–Crippen MR) is 103 cm³/mol. The second-order valence-corrected chi connectivity index (χ2v) is 9.45. The Kier molecular flexibility index (Phi) is 6.22. The summed E-state index contributed by atoms with van der Waals surface area (Å²) in [6.45, 7) is 7.64. The predicted octanol–water partition coefficient (Wildman–Crippen LogP) is 1.07. The van der Waals surface area contributed by atoms with Crippen LogP contribution in [0.1, 0.15) is 13.3 Å². The number of likely N-dealkylation sites (N-methyl/N-ethyl adjacent to an activating group) is 2. The number of carbonyl (C=O) groups is 1. The number of ether oxygens (including phenoxy) is 1. The average molecular weight is 370 g/mol. The van der Waals surface area contributed by atoms with Gasteiger partial charge in [0.15, 0.2) is 0 Å². The number of hydrogen-bond acceptors (Lipinski definition) is 5. The Balaban J connectivity index is 1.56. The summed E-state index contributed by atoms with van der Waals surface area (Å²) in [5, 5.41) is 16.9. The molecule has 142 valence electrons. The average Bonchev–Trinajstić information content (AvgIpc) is 3.17. The molecule has 0 aromatic rings. The zero-order chi connectivity index (χ0) is 18.0. The Morgan fingerprint density at radius 1 is 1.44 bits per heavy atom. The third kappa shape index (κ3) is 4.46. The van der Waals surface area contributed by atoms with E-state index in [-0.39, 0.29) is 17.5 Å². The van der Waals surface area contributed by atoms with Crippen LogP contribution in [0.4, 0.5) is 0 Å². The third-order valence-electron chi connectivity index (χ3n) is 5.46. The maximum atomic E-state index is 11.4. The molecule has 25 heavy (non-hydrogen) atoms. The lowest BCUT2D eigenvalue weighted by molar-refractivity contribution is -0.143. The molecule has 3 aliphatic heterocycles. The number of nitrogens with one attached hydrogen (secondary N) is 1. The van der Waals surface area contributed by atoms with Gasteiger partial charge in [-0.25, -0.2) is 0 Å². The minimum absolute atomic E-state index is 0.145. The number of nitrogens with zero attached hydrogens (tertiary/aromatic N) is 2. The summed E-state index contributed by atoms with van der Waals surface area (Å²) >= 11 is 0. The molecule has 2 saturated heterocycles. The Morgan fingerprint density at radius 3 is 2.80 bits per heavy atom. The molecule has 3 unspecified atom stereocenters. The zero-order valence-corrected chi connectivity index (χ0v) is 16.3. The minimum atomic E-state index is -0.832. The van der Waals surface area contributed by atoms with E-state index < -0.39 is 22.9 Å². The molecular weight excluding hydrogens is 338 g/mol. The number of piperazine rings is 1. The SMILES string of the molecule is CNC(C(=O)O)[C@@H]1OC([SH]2C=CC(CN3CCN(C)CC3)=C2)C[C@H]1C. The minimum Gasteiger partial charge on any atom is -0.480 e. The van der Waals surface area contributed by atoms with E-state index in [2.05, 4.69) is 46.0 Å². The van der Waals surface area contributed by atoms with Crippen LogP contribution in [0.3, 0.4) is 0 Å². The fourth-order valence-electron chi connectivity index (χ4n) is 3.85. The molecule has 3 heterocycles. The standard InChI is InChI=1S/C18H31N3O3S/c1-13-10-15(24-17(13)16(19-2)18(22)23)25-9-4-14(12-25)11-21-7-5-20(3)6-8-21/h4,9,12-13,15-17,19,25H,5-8,10-11H2,1-3H3,(H,22,23)/t13-,15?,16?,17-/m1/s1. The van der Waals surface area contributed by atoms with Crippen molar-refractivity contribution in [2.45, 2.75) is 30.9 Å². The number of aliphatic carboxylic acids is 1. The van der Waals surface area contributed by atoms with E-state index in [1.54, 1.807) is 7.05 Å². The van der Waals surface area contributed by atoms with Crippen molar-refractivity contribution in [1.82, 2.24) is 15.1 Å². The maximum absolute atomic E-state index is 11.4. The maximum Gasteiger partial charge on any atom is 0.323 e. The molecule has 3 rings (SSSR count). The van der Waals surface area contributed by atoms with Gasteiger partial charge in [0.1, 0.15) is 6.04 Å². The summed E-state index contributed by atoms with van der Waals surface area (Å²) < 4.78 is 6.19. The summed E-state index contributed by atoms with van der Waals surface area (Å²) in [6.07, 6.45) is 2.93. The van der Waals surface area contributed by atoms with E-state index in [0.29, 0.717) is 0 Å². The highest BCUT2D eigenvalue weighted by Crippen LogP contribution is 2.48. The van der Waals surface area contributed by atoms with Crippen molar-refractivity contribution in [1.29, 1.82) is 0 Å². The van der Waals surface area contributed by atoms with Crippen LogP contribution in [0, 0.1) is 5.92 Å². The molecule has 0 aliphatic carbocycles. The van der Waals surface area contributed by atoms with Gasteiger partial charge < -0.3 is 20.1 Å². The molecule has 0 aromatic carbocycles. The van der Waals surface area contributed by atoms with Gasteiger partial charge in [0.2, 0.25) is 0 Å². The topological polar surface area (TPSA) is 65.0 Å². The molecule has 0 saturated carbocycles. The van der Waals surface area contributed by atoms with E-state index in [1.165, 1.54) is 5.57 Å². The fourth-order valence-corrected chi connectivity index (χ4v) is 6.06. The molecule has 2 fully saturated rings. The molecule has 0 amide bonds. The number of carboxylic acid groups (broad SMARTS) is 1. The van der Waals surface area contributed by atoms with Gasteiger partial charge in [-0.15, -0.1) is 0 Å². The first-order valence-corrected chi connectivity index (χ1v) is 10.7. The van der Waals surface area contributed by atoms with Gasteiger partial charge in [-0.1, -0.05) is 13.0 Å². The monoisotopic (exact) mass is 369 g/mol. The summed E-state index contributed by atoms with van der Waals surface area (Å²) in [6, 6.07) is -0.629. The summed E-state index contributed by atoms with van der Waals surface area (Å²) in [4.78, 5) is 16.3. The van der Waals surface area contributed by atoms with Gasteiger partial charge in [-0.2, -0.15) is 10.9 Å². The van der Waals surface area contributed by atoms with Crippen LogP contribution in [0.25, 0.3) is 0 Å². The number of hydrogen-bond donors (Lipinski definition) is 3. The van der Waals surface area contributed by atoms with Gasteiger partial charge in [0.05, 0.1) is 11.5 Å². The van der Waals surface area contributed by atoms with Gasteiger partial charge in [-0.05, 0) is 42.8 Å². The first-order chi connectivity index (χ1) is 12.0. The van der Waals surface area contributed by atoms with Crippen molar-refractivity contribution in [3.8, 4) is 0 Å². The number of carboxylic acids is 1. The molecule has 7 heteroatoms. The smallest absolute Gasteiger partial charge is 0.323 e. The van der Waals surface area contributed by atoms with Crippen LogP contribution < -0.4 is 5.32 Å². The Hall–Kier alpha value is -0.860. The van der Waals surface area contributed by atoms with E-state index in [0.717, 1.165) is 39.1 Å². The molecule has 2 N–H and O–H groups in total. The summed E-state index contributed by atoms with van der Waals surface area (Å²) in [7, 11) is 3.42. The highest BCUT2D eigenvalue weighted by atomic mass is 32.2. The third-order valence-corrected chi connectivity index (χ3v) is 7.59. The van der Waals surface area contributed by atoms with Crippen LogP contribution in [-0.4, -0.2) is 85.3 Å². The van der Waals surface area contributed by atoms with Crippen molar-refractivity contribution < 1.29 is 14.6 Å². The Labute approximate surface area is 153 Å². The molecular formula is C18H31N3O3S. The number of thiol groups is 1. The lowest BCUT2D eigenvalue weighted by atomic mass is 9.98. The lowest BCUT2D eigenvalue weighted by Crippen LogP contribution is -2.46. The molecule has 0 bridgehead atoms. The summed E-state index contributed by atoms with van der Waals surface area (Å²) in [5.74, 6) is -0.578. The van der Waals surface area contributed by atoms with Crippen LogP contribution in [0.15, 0.2) is 22.5 Å². The van der Waals surface area contributed by atoms with Gasteiger partial charge >= 0.3 is 5.97 Å². The van der Waals surface area contributed by atoms with E-state index in [1.807, 2.05) is 0 Å². The molecule has 3 aliphatic rings. The van der Waals surface area contributed by atoms with Crippen molar-refractivity contribution in [3.63, 3.8) is 0 Å². The zero-order valence-electron chi connectivity index (χ0n) is 15.4. The molecule has 5 atom stereocenters. The fraction of sp³-hybridized carbons (Fsp3) is 0.722. The Morgan fingerprint density at radius 2 is 2.16 bits per heavy atom. The first-order valence-electron chi connectivity index (χ1n) is 9.10. The molecule has 0 aromatic heterocycles. The van der Waals surface area contributed by atoms with Gasteiger partial charge in [0.25, 0.3) is 0 Å². The summed E-state index contributed by atoms with van der Waals surface area (Å²) in [5.41, 5.74) is 1.53. The van der Waals surface area contributed by atoms with Crippen LogP contribution >= 0.6 is 10.9 Å². The largest absolute Gasteiger partial charge is 0.480 e. The van der Waals surface area contributed by atoms with Crippen molar-refractivity contribution >= 4 is 16.9 Å². The molecule has 0 radical (unpaired) electrons. The normalized spacial score (nSPS) is 36.5. The van der Waals surface area contributed by atoms with Crippen molar-refractivity contribution in [2.75, 3.05) is 46.8 Å². The van der Waals surface area contributed by atoms with Crippen LogP contribution in [0.5, 0.6) is 0 Å². The first kappa shape index (κ1) is 18.9. The quantitative estimate of drug-likeness (QED) is 0.609. The van der Waals surface area contributed by atoms with Gasteiger partial charge in [0, 0.05) is 32.7 Å². The van der Waals surface area contributed by atoms with E-state index >= 15 is 0 Å². The number of rotatable bonds is 6. The van der Waals surface area contributed by atoms with Gasteiger partial charge in [-0.3, -0.25) is 9.69 Å². The molecule has 0 spiro atoms. The highest BCUT2D eigenvalue weighted by Gasteiger charge is 2.41. The van der Waals surface area contributed by atoms with E-state index in [9.17, 15) is 9.90 Å². The van der Waals surface area contributed by atoms with Crippen molar-refractivity contribution in [3.05, 3.63) is 22.5 Å². The van der Waals surface area contributed by atoms with Crippen LogP contribution in [0.2, 0.25) is 0 Å². The second kappa shape index (κ2) is 8.22. The van der Waals surface area contributed by atoms with Crippen molar-refractivity contribution in [2.24, 2.45) is 5.92 Å².